The first-order valence-electron chi connectivity index (χ1n) is 4.69. The van der Waals surface area contributed by atoms with Gasteiger partial charge in [-0.2, -0.15) is 0 Å². The van der Waals surface area contributed by atoms with Crippen molar-refractivity contribution in [2.45, 2.75) is 6.42 Å². The van der Waals surface area contributed by atoms with Crippen LogP contribution in [0, 0.1) is 0 Å². The Hall–Kier alpha value is -0.640. The molecule has 0 saturated carbocycles. The van der Waals surface area contributed by atoms with Crippen LogP contribution in [0.25, 0.3) is 0 Å². The Labute approximate surface area is 111 Å². The molecule has 0 aliphatic heterocycles. The van der Waals surface area contributed by atoms with E-state index in [2.05, 4.69) is 15.9 Å². The van der Waals surface area contributed by atoms with Crippen LogP contribution in [0.15, 0.2) is 40.9 Å². The van der Waals surface area contributed by atoms with E-state index in [1.165, 1.54) is 11.3 Å². The molecule has 0 aliphatic carbocycles. The molecule has 0 atom stereocenters. The fraction of sp³-hybridized carbons (Fsp3) is 0.0833. The molecular formula is C12H8BrClOS. The molecule has 0 radical (unpaired) electrons. The van der Waals surface area contributed by atoms with Crippen molar-refractivity contribution in [1.29, 1.82) is 0 Å². The molecule has 0 fully saturated rings. The molecular weight excluding hydrogens is 308 g/mol. The van der Waals surface area contributed by atoms with Gasteiger partial charge in [0, 0.05) is 10.9 Å². The van der Waals surface area contributed by atoms with Gasteiger partial charge in [0.05, 0.1) is 4.88 Å². The Morgan fingerprint density at radius 1 is 1.31 bits per heavy atom. The highest BCUT2D eigenvalue weighted by Gasteiger charge is 2.12. The Bertz CT molecular complexity index is 487. The second kappa shape index (κ2) is 5.13. The smallest absolute Gasteiger partial charge is 0.177 e. The Balaban J connectivity index is 2.15. The summed E-state index contributed by atoms with van der Waals surface area (Å²) in [6.45, 7) is 0. The topological polar surface area (TPSA) is 17.1 Å². The molecule has 16 heavy (non-hydrogen) atoms. The molecule has 4 heteroatoms. The average molecular weight is 316 g/mol. The number of rotatable bonds is 3. The van der Waals surface area contributed by atoms with Gasteiger partial charge < -0.3 is 0 Å². The van der Waals surface area contributed by atoms with Gasteiger partial charge in [-0.1, -0.05) is 41.9 Å². The molecule has 1 heterocycles. The minimum atomic E-state index is 0.101. The van der Waals surface area contributed by atoms with E-state index in [4.69, 9.17) is 11.6 Å². The molecule has 1 aromatic heterocycles. The van der Waals surface area contributed by atoms with Crippen LogP contribution in [0.3, 0.4) is 0 Å². The summed E-state index contributed by atoms with van der Waals surface area (Å²) in [7, 11) is 0. The van der Waals surface area contributed by atoms with E-state index in [9.17, 15) is 4.79 Å². The molecule has 2 aromatic rings. The first kappa shape index (κ1) is 11.8. The summed E-state index contributed by atoms with van der Waals surface area (Å²) in [6, 6.07) is 11.5. The largest absolute Gasteiger partial charge is 0.293 e. The summed E-state index contributed by atoms with van der Waals surface area (Å²) < 4.78 is 1.41. The summed E-state index contributed by atoms with van der Waals surface area (Å²) in [5.41, 5.74) is 1.02. The van der Waals surface area contributed by atoms with Crippen LogP contribution in [-0.4, -0.2) is 5.78 Å². The summed E-state index contributed by atoms with van der Waals surface area (Å²) in [5.74, 6) is 0.101. The van der Waals surface area contributed by atoms with Crippen molar-refractivity contribution >= 4 is 44.7 Å². The number of thiophene rings is 1. The quantitative estimate of drug-likeness (QED) is 0.757. The van der Waals surface area contributed by atoms with E-state index in [1.54, 1.807) is 6.07 Å². The lowest BCUT2D eigenvalue weighted by molar-refractivity contribution is 0.0997. The minimum Gasteiger partial charge on any atom is -0.293 e. The predicted molar refractivity (Wildman–Crippen MR) is 71.5 cm³/mol. The molecule has 0 saturated heterocycles. The second-order valence-corrected chi connectivity index (χ2v) is 5.83. The average Bonchev–Trinajstić information content (AvgIpc) is 2.61. The van der Waals surface area contributed by atoms with Gasteiger partial charge in [0.25, 0.3) is 0 Å². The summed E-state index contributed by atoms with van der Waals surface area (Å²) in [4.78, 5) is 12.6. The zero-order valence-corrected chi connectivity index (χ0v) is 11.4. The van der Waals surface area contributed by atoms with Gasteiger partial charge in [0.2, 0.25) is 0 Å². The van der Waals surface area contributed by atoms with Crippen LogP contribution in [0.5, 0.6) is 0 Å². The van der Waals surface area contributed by atoms with E-state index in [1.807, 2.05) is 30.3 Å². The lowest BCUT2D eigenvalue weighted by Crippen LogP contribution is -2.00. The monoisotopic (exact) mass is 314 g/mol. The SMILES string of the molecule is O=C(Cc1ccccc1)c1cc(Br)c(Cl)s1. The molecule has 1 aromatic carbocycles. The van der Waals surface area contributed by atoms with Crippen LogP contribution in [-0.2, 0) is 6.42 Å². The highest BCUT2D eigenvalue weighted by atomic mass is 79.9. The summed E-state index contributed by atoms with van der Waals surface area (Å²) in [6.07, 6.45) is 0.421. The van der Waals surface area contributed by atoms with Crippen molar-refractivity contribution in [2.75, 3.05) is 0 Å². The maximum Gasteiger partial charge on any atom is 0.177 e. The number of halogens is 2. The van der Waals surface area contributed by atoms with Crippen molar-refractivity contribution < 1.29 is 4.79 Å². The number of hydrogen-bond acceptors (Lipinski definition) is 2. The van der Waals surface area contributed by atoms with Crippen molar-refractivity contribution in [2.24, 2.45) is 0 Å². The highest BCUT2D eigenvalue weighted by Crippen LogP contribution is 2.32. The van der Waals surface area contributed by atoms with Crippen LogP contribution in [0.2, 0.25) is 4.34 Å². The number of carbonyl (C=O) groups is 1. The third-order valence-corrected chi connectivity index (χ3v) is 4.64. The van der Waals surface area contributed by atoms with Gasteiger partial charge in [-0.25, -0.2) is 0 Å². The minimum absolute atomic E-state index is 0.101. The number of ketones is 1. The highest BCUT2D eigenvalue weighted by molar-refractivity contribution is 9.10. The molecule has 0 aliphatic rings. The van der Waals surface area contributed by atoms with Gasteiger partial charge >= 0.3 is 0 Å². The Morgan fingerprint density at radius 2 is 2.00 bits per heavy atom. The van der Waals surface area contributed by atoms with Crippen molar-refractivity contribution in [1.82, 2.24) is 0 Å². The van der Waals surface area contributed by atoms with Gasteiger partial charge in [-0.15, -0.1) is 11.3 Å². The summed E-state index contributed by atoms with van der Waals surface area (Å²) in [5, 5.41) is 0. The zero-order valence-electron chi connectivity index (χ0n) is 8.24. The first-order chi connectivity index (χ1) is 7.66. The van der Waals surface area contributed by atoms with Crippen molar-refractivity contribution in [3.63, 3.8) is 0 Å². The maximum atomic E-state index is 11.9. The lowest BCUT2D eigenvalue weighted by Gasteiger charge is -1.97. The molecule has 2 rings (SSSR count). The van der Waals surface area contributed by atoms with Gasteiger partial charge in [-0.05, 0) is 27.6 Å². The van der Waals surface area contributed by atoms with Gasteiger partial charge in [0.15, 0.2) is 5.78 Å². The van der Waals surface area contributed by atoms with Crippen LogP contribution in [0.4, 0.5) is 0 Å². The normalized spacial score (nSPS) is 10.4. The van der Waals surface area contributed by atoms with E-state index in [0.29, 0.717) is 15.6 Å². The number of hydrogen-bond donors (Lipinski definition) is 0. The molecule has 1 nitrogen and oxygen atoms in total. The zero-order chi connectivity index (χ0) is 11.5. The fourth-order valence-corrected chi connectivity index (χ4v) is 2.99. The lowest BCUT2D eigenvalue weighted by atomic mass is 10.1. The van der Waals surface area contributed by atoms with E-state index >= 15 is 0 Å². The van der Waals surface area contributed by atoms with Crippen LogP contribution >= 0.6 is 38.9 Å². The predicted octanol–water partition coefficient (Wildman–Crippen LogP) is 4.59. The fourth-order valence-electron chi connectivity index (χ4n) is 1.35. The number of Topliss-reactive ketones (excluding diaryl/α,β-unsaturated/α-hetero) is 1. The second-order valence-electron chi connectivity index (χ2n) is 3.32. The molecule has 0 spiro atoms. The molecule has 0 bridgehead atoms. The van der Waals surface area contributed by atoms with Gasteiger partial charge in [0.1, 0.15) is 4.34 Å². The van der Waals surface area contributed by atoms with Crippen LogP contribution < -0.4 is 0 Å². The Kier molecular flexibility index (Phi) is 3.79. The third-order valence-electron chi connectivity index (χ3n) is 2.13. The first-order valence-corrected chi connectivity index (χ1v) is 6.67. The molecule has 82 valence electrons. The number of benzene rings is 1. The van der Waals surface area contributed by atoms with Crippen LogP contribution in [0.1, 0.15) is 15.2 Å². The number of carbonyl (C=O) groups excluding carboxylic acids is 1. The maximum absolute atomic E-state index is 11.9. The Morgan fingerprint density at radius 3 is 2.56 bits per heavy atom. The molecule has 0 N–H and O–H groups in total. The van der Waals surface area contributed by atoms with E-state index < -0.39 is 0 Å². The third kappa shape index (κ3) is 2.73. The molecule has 0 amide bonds. The van der Waals surface area contributed by atoms with Crippen molar-refractivity contribution in [3.05, 3.63) is 55.6 Å². The standard InChI is InChI=1S/C12H8BrClOS/c13-9-7-11(16-12(9)14)10(15)6-8-4-2-1-3-5-8/h1-5,7H,6H2. The molecule has 0 unspecified atom stereocenters. The van der Waals surface area contributed by atoms with Crippen molar-refractivity contribution in [3.8, 4) is 0 Å². The van der Waals surface area contributed by atoms with E-state index in [0.717, 1.165) is 10.0 Å². The van der Waals surface area contributed by atoms with E-state index in [-0.39, 0.29) is 5.78 Å². The summed E-state index contributed by atoms with van der Waals surface area (Å²) >= 11 is 10.5. The van der Waals surface area contributed by atoms with Gasteiger partial charge in [-0.3, -0.25) is 4.79 Å².